The maximum atomic E-state index is 12.9. The Kier molecular flexibility index (Phi) is 3.96. The van der Waals surface area contributed by atoms with Gasteiger partial charge < -0.3 is 10.1 Å². The number of amides is 1. The number of rotatable bonds is 4. The SMILES string of the molecule is O=C1Nc2ccc(S(=O)(=O)Nc3ccccc3OC(F)(F)F)c3cccc1c23. The molecule has 0 spiro atoms. The molecule has 28 heavy (non-hydrogen) atoms. The molecule has 1 aliphatic heterocycles. The van der Waals surface area contributed by atoms with Crippen LogP contribution in [0.3, 0.4) is 0 Å². The number of ether oxygens (including phenoxy) is 1. The molecule has 1 heterocycles. The van der Waals surface area contributed by atoms with E-state index in [0.29, 0.717) is 16.6 Å². The molecule has 0 saturated heterocycles. The number of para-hydroxylation sites is 2. The number of anilines is 2. The average Bonchev–Trinajstić information content (AvgIpc) is 2.93. The van der Waals surface area contributed by atoms with Crippen molar-refractivity contribution in [1.29, 1.82) is 0 Å². The first-order valence-electron chi connectivity index (χ1n) is 7.90. The van der Waals surface area contributed by atoms with Crippen molar-refractivity contribution in [2.75, 3.05) is 10.0 Å². The van der Waals surface area contributed by atoms with Gasteiger partial charge in [-0.1, -0.05) is 24.3 Å². The molecule has 0 saturated carbocycles. The van der Waals surface area contributed by atoms with Crippen LogP contribution in [0.15, 0.2) is 59.5 Å². The molecule has 6 nitrogen and oxygen atoms in total. The third-order valence-corrected chi connectivity index (χ3v) is 5.56. The lowest BCUT2D eigenvalue weighted by atomic mass is 10.1. The van der Waals surface area contributed by atoms with Crippen molar-refractivity contribution in [3.63, 3.8) is 0 Å². The molecule has 3 aromatic rings. The van der Waals surface area contributed by atoms with Gasteiger partial charge in [-0.25, -0.2) is 8.42 Å². The van der Waals surface area contributed by atoms with Crippen LogP contribution in [0.2, 0.25) is 0 Å². The van der Waals surface area contributed by atoms with Gasteiger partial charge in [0.05, 0.1) is 10.6 Å². The number of nitrogens with one attached hydrogen (secondary N) is 2. The van der Waals surface area contributed by atoms with Gasteiger partial charge in [0.2, 0.25) is 0 Å². The molecule has 0 atom stereocenters. The highest BCUT2D eigenvalue weighted by molar-refractivity contribution is 7.93. The Morgan fingerprint density at radius 3 is 2.46 bits per heavy atom. The molecular weight excluding hydrogens is 397 g/mol. The molecular formula is C18H11F3N2O4S. The minimum atomic E-state index is -4.98. The Labute approximate surface area is 157 Å². The number of alkyl halides is 3. The molecule has 0 bridgehead atoms. The molecule has 3 aromatic carbocycles. The number of hydrogen-bond donors (Lipinski definition) is 2. The Balaban J connectivity index is 1.80. The zero-order valence-corrected chi connectivity index (χ0v) is 14.7. The molecule has 10 heteroatoms. The summed E-state index contributed by atoms with van der Waals surface area (Å²) >= 11 is 0. The van der Waals surface area contributed by atoms with Crippen molar-refractivity contribution in [2.24, 2.45) is 0 Å². The lowest BCUT2D eigenvalue weighted by Gasteiger charge is -2.15. The van der Waals surface area contributed by atoms with Crippen molar-refractivity contribution in [1.82, 2.24) is 0 Å². The summed E-state index contributed by atoms with van der Waals surface area (Å²) in [6.45, 7) is 0. The van der Waals surface area contributed by atoms with E-state index in [2.05, 4.69) is 14.8 Å². The Morgan fingerprint density at radius 1 is 0.964 bits per heavy atom. The number of halogens is 3. The number of benzene rings is 3. The zero-order valence-electron chi connectivity index (χ0n) is 13.9. The number of hydrogen-bond acceptors (Lipinski definition) is 4. The maximum Gasteiger partial charge on any atom is 0.573 e. The maximum absolute atomic E-state index is 12.9. The monoisotopic (exact) mass is 408 g/mol. The molecule has 2 N–H and O–H groups in total. The highest BCUT2D eigenvalue weighted by atomic mass is 32.2. The van der Waals surface area contributed by atoms with Crippen LogP contribution in [0, 0.1) is 0 Å². The first-order chi connectivity index (χ1) is 13.2. The van der Waals surface area contributed by atoms with Crippen LogP contribution in [-0.4, -0.2) is 20.7 Å². The van der Waals surface area contributed by atoms with E-state index in [1.165, 1.54) is 36.4 Å². The van der Waals surface area contributed by atoms with Crippen LogP contribution in [0.4, 0.5) is 24.5 Å². The largest absolute Gasteiger partial charge is 0.573 e. The van der Waals surface area contributed by atoms with Crippen LogP contribution in [-0.2, 0) is 10.0 Å². The zero-order chi connectivity index (χ0) is 20.1. The fourth-order valence-electron chi connectivity index (χ4n) is 3.06. The van der Waals surface area contributed by atoms with Gasteiger partial charge in [0.15, 0.2) is 5.75 Å². The Bertz CT molecular complexity index is 1220. The molecule has 0 aromatic heterocycles. The second kappa shape index (κ2) is 6.13. The van der Waals surface area contributed by atoms with Gasteiger partial charge in [-0.2, -0.15) is 0 Å². The molecule has 1 amide bonds. The van der Waals surface area contributed by atoms with E-state index < -0.39 is 22.1 Å². The van der Waals surface area contributed by atoms with Crippen LogP contribution >= 0.6 is 0 Å². The third-order valence-electron chi connectivity index (χ3n) is 4.14. The number of sulfonamides is 1. The van der Waals surface area contributed by atoms with Gasteiger partial charge in [-0.3, -0.25) is 9.52 Å². The van der Waals surface area contributed by atoms with Gasteiger partial charge in [-0.05, 0) is 30.3 Å². The van der Waals surface area contributed by atoms with Gasteiger partial charge in [-0.15, -0.1) is 13.2 Å². The fourth-order valence-corrected chi connectivity index (χ4v) is 4.34. The Hall–Kier alpha value is -3.27. The van der Waals surface area contributed by atoms with Crippen molar-refractivity contribution in [3.8, 4) is 5.75 Å². The predicted molar refractivity (Wildman–Crippen MR) is 95.8 cm³/mol. The second-order valence-corrected chi connectivity index (χ2v) is 7.59. The molecule has 0 unspecified atom stereocenters. The summed E-state index contributed by atoms with van der Waals surface area (Å²) in [6.07, 6.45) is -4.98. The molecule has 1 aliphatic rings. The number of carbonyl (C=O) groups is 1. The fraction of sp³-hybridized carbons (Fsp3) is 0.0556. The van der Waals surface area contributed by atoms with E-state index in [1.54, 1.807) is 6.07 Å². The normalized spacial score (nSPS) is 13.5. The van der Waals surface area contributed by atoms with E-state index in [1.807, 2.05) is 0 Å². The van der Waals surface area contributed by atoms with Gasteiger partial charge >= 0.3 is 6.36 Å². The van der Waals surface area contributed by atoms with Crippen molar-refractivity contribution in [2.45, 2.75) is 11.3 Å². The van der Waals surface area contributed by atoms with Gasteiger partial charge in [0.25, 0.3) is 15.9 Å². The Morgan fingerprint density at radius 2 is 1.71 bits per heavy atom. The molecule has 0 radical (unpaired) electrons. The van der Waals surface area contributed by atoms with Gasteiger partial charge in [0, 0.05) is 22.0 Å². The lowest BCUT2D eigenvalue weighted by Crippen LogP contribution is -2.20. The summed E-state index contributed by atoms with van der Waals surface area (Å²) in [4.78, 5) is 11.8. The minimum Gasteiger partial charge on any atom is -0.404 e. The first kappa shape index (κ1) is 18.1. The van der Waals surface area contributed by atoms with Crippen LogP contribution in [0.5, 0.6) is 5.75 Å². The quantitative estimate of drug-likeness (QED) is 0.681. The molecule has 0 aliphatic carbocycles. The first-order valence-corrected chi connectivity index (χ1v) is 9.39. The van der Waals surface area contributed by atoms with E-state index in [0.717, 1.165) is 12.1 Å². The van der Waals surface area contributed by atoms with Crippen molar-refractivity contribution in [3.05, 3.63) is 60.2 Å². The second-order valence-electron chi connectivity index (χ2n) is 5.94. The summed E-state index contributed by atoms with van der Waals surface area (Å²) in [7, 11) is -4.28. The smallest absolute Gasteiger partial charge is 0.404 e. The molecule has 4 rings (SSSR count). The third kappa shape index (κ3) is 3.11. The topological polar surface area (TPSA) is 84.5 Å². The van der Waals surface area contributed by atoms with Crippen molar-refractivity contribution >= 4 is 38.1 Å². The van der Waals surface area contributed by atoms with Crippen LogP contribution in [0.25, 0.3) is 10.8 Å². The standard InChI is InChI=1S/C18H11F3N2O4S/c19-18(20,21)27-14-7-2-1-6-12(14)23-28(25,26)15-9-8-13-16-10(15)4-3-5-11(16)17(24)22-13/h1-9,23H,(H,22,24). The van der Waals surface area contributed by atoms with E-state index in [9.17, 15) is 26.4 Å². The lowest BCUT2D eigenvalue weighted by molar-refractivity contribution is -0.274. The summed E-state index contributed by atoms with van der Waals surface area (Å²) in [6, 6.07) is 12.1. The van der Waals surface area contributed by atoms with E-state index in [4.69, 9.17) is 0 Å². The summed E-state index contributed by atoms with van der Waals surface area (Å²) in [5.74, 6) is -1.03. The number of carbonyl (C=O) groups excluding carboxylic acids is 1. The minimum absolute atomic E-state index is 0.175. The van der Waals surface area contributed by atoms with E-state index in [-0.39, 0.29) is 21.9 Å². The van der Waals surface area contributed by atoms with Crippen LogP contribution in [0.1, 0.15) is 10.4 Å². The highest BCUT2D eigenvalue weighted by Crippen LogP contribution is 2.38. The summed E-state index contributed by atoms with van der Waals surface area (Å²) in [5, 5.41) is 3.35. The van der Waals surface area contributed by atoms with E-state index >= 15 is 0 Å². The molecule has 144 valence electrons. The summed E-state index contributed by atoms with van der Waals surface area (Å²) < 4.78 is 69.6. The molecule has 0 fully saturated rings. The van der Waals surface area contributed by atoms with Gasteiger partial charge in [0.1, 0.15) is 0 Å². The van der Waals surface area contributed by atoms with Crippen molar-refractivity contribution < 1.29 is 31.1 Å². The highest BCUT2D eigenvalue weighted by Gasteiger charge is 2.33. The van der Waals surface area contributed by atoms with Crippen LogP contribution < -0.4 is 14.8 Å². The summed E-state index contributed by atoms with van der Waals surface area (Å²) in [5.41, 5.74) is 0.429. The average molecular weight is 408 g/mol. The predicted octanol–water partition coefficient (Wildman–Crippen LogP) is 4.10.